The molecule has 0 spiro atoms. The molecule has 3 heterocycles. The van der Waals surface area contributed by atoms with Gasteiger partial charge in [-0.05, 0) is 30.4 Å². The molecule has 128 valence electrons. The molecule has 0 bridgehead atoms. The second-order valence-electron chi connectivity index (χ2n) is 5.25. The highest BCUT2D eigenvalue weighted by Crippen LogP contribution is 2.38. The van der Waals surface area contributed by atoms with Gasteiger partial charge in [0, 0.05) is 34.4 Å². The van der Waals surface area contributed by atoms with Gasteiger partial charge in [-0.3, -0.25) is 9.69 Å². The van der Waals surface area contributed by atoms with E-state index in [0.29, 0.717) is 23.9 Å². The van der Waals surface area contributed by atoms with Gasteiger partial charge in [-0.1, -0.05) is 0 Å². The number of hydrogen-bond acceptors (Lipinski definition) is 7. The van der Waals surface area contributed by atoms with Crippen LogP contribution in [0.3, 0.4) is 0 Å². The highest BCUT2D eigenvalue weighted by molar-refractivity contribution is 7.80. The normalized spacial score (nSPS) is 16.5. The molecule has 9 heteroatoms. The Morgan fingerprint density at radius 3 is 2.46 bits per heavy atom. The van der Waals surface area contributed by atoms with Crippen LogP contribution in [0.1, 0.15) is 4.88 Å². The van der Waals surface area contributed by atoms with Crippen LogP contribution in [0, 0.1) is 0 Å². The Kier molecular flexibility index (Phi) is 5.16. The zero-order valence-electron chi connectivity index (χ0n) is 13.0. The molecule has 1 fully saturated rings. The molecule has 6 nitrogen and oxygen atoms in total. The summed E-state index contributed by atoms with van der Waals surface area (Å²) in [6.07, 6.45) is 1.81. The number of hydrogen-bond donors (Lipinski definition) is 3. The first-order valence-electron chi connectivity index (χ1n) is 7.34. The van der Waals surface area contributed by atoms with Crippen molar-refractivity contribution in [2.24, 2.45) is 0 Å². The van der Waals surface area contributed by atoms with Crippen LogP contribution in [0.4, 0.5) is 5.00 Å². The quantitative estimate of drug-likeness (QED) is 0.518. The maximum atomic E-state index is 12.0. The van der Waals surface area contributed by atoms with E-state index in [1.54, 1.807) is 29.7 Å². The molecule has 2 aromatic heterocycles. The SMILES string of the molecule is CN1C(=O)/C(=C/c2cc3sc(N(CCO)CCO)cc3s2)NC1=S. The fourth-order valence-corrected chi connectivity index (χ4v) is 5.00. The predicted octanol–water partition coefficient (Wildman–Crippen LogP) is 1.44. The van der Waals surface area contributed by atoms with Crippen LogP contribution in [-0.4, -0.2) is 59.5 Å². The summed E-state index contributed by atoms with van der Waals surface area (Å²) in [5.41, 5.74) is 0.485. The summed E-state index contributed by atoms with van der Waals surface area (Å²) in [6.45, 7) is 1.08. The van der Waals surface area contributed by atoms with Gasteiger partial charge in [0.15, 0.2) is 5.11 Å². The van der Waals surface area contributed by atoms with Crippen LogP contribution in [0.25, 0.3) is 15.5 Å². The van der Waals surface area contributed by atoms with Crippen molar-refractivity contribution < 1.29 is 15.0 Å². The molecule has 1 aliphatic rings. The lowest BCUT2D eigenvalue weighted by Gasteiger charge is -2.20. The average Bonchev–Trinajstić information content (AvgIpc) is 3.16. The summed E-state index contributed by atoms with van der Waals surface area (Å²) in [6, 6.07) is 4.09. The third-order valence-corrected chi connectivity index (χ3v) is 6.31. The number of carbonyl (C=O) groups is 1. The molecule has 0 aliphatic carbocycles. The smallest absolute Gasteiger partial charge is 0.276 e. The first-order chi connectivity index (χ1) is 11.5. The van der Waals surface area contributed by atoms with Crippen molar-refractivity contribution in [1.29, 1.82) is 0 Å². The number of nitrogens with one attached hydrogen (secondary N) is 1. The van der Waals surface area contributed by atoms with Gasteiger partial charge in [0.1, 0.15) is 5.70 Å². The summed E-state index contributed by atoms with van der Waals surface area (Å²) in [5.74, 6) is -0.130. The zero-order valence-corrected chi connectivity index (χ0v) is 15.4. The lowest BCUT2D eigenvalue weighted by atomic mass is 10.3. The van der Waals surface area contributed by atoms with Crippen LogP contribution < -0.4 is 10.2 Å². The van der Waals surface area contributed by atoms with Crippen LogP contribution in [0.15, 0.2) is 17.8 Å². The second-order valence-corrected chi connectivity index (χ2v) is 7.81. The number of rotatable bonds is 6. The van der Waals surface area contributed by atoms with Crippen molar-refractivity contribution in [2.45, 2.75) is 0 Å². The molecular formula is C15H17N3O3S3. The molecule has 1 saturated heterocycles. The topological polar surface area (TPSA) is 76.0 Å². The van der Waals surface area contributed by atoms with Crippen molar-refractivity contribution in [3.05, 3.63) is 22.7 Å². The van der Waals surface area contributed by atoms with Gasteiger partial charge < -0.3 is 20.4 Å². The molecule has 0 atom stereocenters. The number of aliphatic hydroxyl groups excluding tert-OH is 2. The number of carbonyl (C=O) groups excluding carboxylic acids is 1. The first kappa shape index (κ1) is 17.3. The fourth-order valence-electron chi connectivity index (χ4n) is 2.41. The van der Waals surface area contributed by atoms with E-state index in [4.69, 9.17) is 22.4 Å². The maximum absolute atomic E-state index is 12.0. The largest absolute Gasteiger partial charge is 0.395 e. The molecular weight excluding hydrogens is 366 g/mol. The van der Waals surface area contributed by atoms with E-state index < -0.39 is 0 Å². The van der Waals surface area contributed by atoms with Crippen molar-refractivity contribution in [3.8, 4) is 0 Å². The zero-order chi connectivity index (χ0) is 17.3. The molecule has 0 unspecified atom stereocenters. The second kappa shape index (κ2) is 7.16. The van der Waals surface area contributed by atoms with Crippen LogP contribution in [0.2, 0.25) is 0 Å². The minimum absolute atomic E-state index is 0.0457. The molecule has 3 N–H and O–H groups in total. The van der Waals surface area contributed by atoms with Crippen LogP contribution >= 0.6 is 34.9 Å². The van der Waals surface area contributed by atoms with Gasteiger partial charge >= 0.3 is 0 Å². The van der Waals surface area contributed by atoms with E-state index in [9.17, 15) is 4.79 Å². The Morgan fingerprint density at radius 1 is 1.25 bits per heavy atom. The number of thiocarbonyl (C=S) groups is 1. The summed E-state index contributed by atoms with van der Waals surface area (Å²) in [4.78, 5) is 16.4. The number of likely N-dealkylation sites (N-methyl/N-ethyl adjacent to an activating group) is 1. The highest BCUT2D eigenvalue weighted by atomic mass is 32.1. The molecule has 1 amide bonds. The predicted molar refractivity (Wildman–Crippen MR) is 103 cm³/mol. The number of aliphatic hydroxyl groups is 2. The first-order valence-corrected chi connectivity index (χ1v) is 9.38. The van der Waals surface area contributed by atoms with E-state index in [2.05, 4.69) is 11.4 Å². The Morgan fingerprint density at radius 2 is 1.92 bits per heavy atom. The van der Waals surface area contributed by atoms with Crippen LogP contribution in [0.5, 0.6) is 0 Å². The third kappa shape index (κ3) is 3.31. The van der Waals surface area contributed by atoms with E-state index in [0.717, 1.165) is 19.3 Å². The van der Waals surface area contributed by atoms with Crippen molar-refractivity contribution >= 4 is 66.4 Å². The summed E-state index contributed by atoms with van der Waals surface area (Å²) < 4.78 is 2.23. The summed E-state index contributed by atoms with van der Waals surface area (Å²) in [5, 5.41) is 22.6. The standard InChI is InChI=1S/C15H17N3O3S3/c1-17-14(21)10(16-15(17)22)6-9-7-11-12(23-9)8-13(24-11)18(2-4-19)3-5-20/h6-8,19-20H,2-5H2,1H3,(H,16,22)/b10-6-. The molecule has 0 radical (unpaired) electrons. The van der Waals surface area contributed by atoms with E-state index in [1.807, 2.05) is 17.0 Å². The summed E-state index contributed by atoms with van der Waals surface area (Å²) >= 11 is 8.27. The van der Waals surface area contributed by atoms with Gasteiger partial charge in [-0.2, -0.15) is 0 Å². The van der Waals surface area contributed by atoms with Gasteiger partial charge in [0.2, 0.25) is 0 Å². The number of fused-ring (bicyclic) bond motifs is 1. The highest BCUT2D eigenvalue weighted by Gasteiger charge is 2.27. The van der Waals surface area contributed by atoms with Gasteiger partial charge in [0.05, 0.1) is 18.2 Å². The lowest BCUT2D eigenvalue weighted by molar-refractivity contribution is -0.121. The minimum atomic E-state index is -0.130. The Hall–Kier alpha value is -1.52. The van der Waals surface area contributed by atoms with Crippen LogP contribution in [-0.2, 0) is 4.79 Å². The van der Waals surface area contributed by atoms with E-state index in [1.165, 1.54) is 4.90 Å². The van der Waals surface area contributed by atoms with Crippen molar-refractivity contribution in [2.75, 3.05) is 38.3 Å². The molecule has 24 heavy (non-hydrogen) atoms. The molecule has 1 aliphatic heterocycles. The number of nitrogens with zero attached hydrogens (tertiary/aromatic N) is 2. The minimum Gasteiger partial charge on any atom is -0.395 e. The number of amides is 1. The maximum Gasteiger partial charge on any atom is 0.276 e. The Bertz CT molecular complexity index is 774. The third-order valence-electron chi connectivity index (χ3n) is 3.63. The molecule has 2 aromatic rings. The van der Waals surface area contributed by atoms with Gasteiger partial charge in [-0.25, -0.2) is 0 Å². The Labute approximate surface area is 152 Å². The molecule has 3 rings (SSSR count). The fraction of sp³-hybridized carbons (Fsp3) is 0.333. The summed E-state index contributed by atoms with van der Waals surface area (Å²) in [7, 11) is 1.65. The monoisotopic (exact) mass is 383 g/mol. The van der Waals surface area contributed by atoms with E-state index in [-0.39, 0.29) is 19.1 Å². The lowest BCUT2D eigenvalue weighted by Crippen LogP contribution is -2.28. The molecule has 0 saturated carbocycles. The van der Waals surface area contributed by atoms with Gasteiger partial charge in [-0.15, -0.1) is 22.7 Å². The number of anilines is 1. The molecule has 0 aromatic carbocycles. The Balaban J connectivity index is 1.85. The number of thiophene rings is 2. The van der Waals surface area contributed by atoms with E-state index >= 15 is 0 Å². The van der Waals surface area contributed by atoms with Crippen molar-refractivity contribution in [1.82, 2.24) is 10.2 Å². The van der Waals surface area contributed by atoms with Crippen molar-refractivity contribution in [3.63, 3.8) is 0 Å². The average molecular weight is 384 g/mol. The van der Waals surface area contributed by atoms with Gasteiger partial charge in [0.25, 0.3) is 5.91 Å².